The maximum absolute atomic E-state index is 13.3. The summed E-state index contributed by atoms with van der Waals surface area (Å²) >= 11 is 0. The molecule has 4 rings (SSSR count). The molecule has 2 aromatic carbocycles. The Labute approximate surface area is 245 Å². The lowest BCUT2D eigenvalue weighted by Gasteiger charge is -2.28. The van der Waals surface area contributed by atoms with Gasteiger partial charge in [0.15, 0.2) is 0 Å². The van der Waals surface area contributed by atoms with E-state index in [4.69, 9.17) is 0 Å². The Balaban J connectivity index is 1.50. The topological polar surface area (TPSA) is 100 Å². The molecule has 0 fully saturated rings. The third-order valence-electron chi connectivity index (χ3n) is 7.14. The van der Waals surface area contributed by atoms with Gasteiger partial charge in [-0.15, -0.1) is 0 Å². The lowest BCUT2D eigenvalue weighted by atomic mass is 9.86. The van der Waals surface area contributed by atoms with Crippen molar-refractivity contribution in [1.82, 2.24) is 20.3 Å². The summed E-state index contributed by atoms with van der Waals surface area (Å²) in [5, 5.41) is 6.56. The van der Waals surface area contributed by atoms with Crippen molar-refractivity contribution >= 4 is 15.9 Å². The van der Waals surface area contributed by atoms with Gasteiger partial charge in [0.1, 0.15) is 0 Å². The van der Waals surface area contributed by atoms with Gasteiger partial charge in [0, 0.05) is 36.9 Å². The summed E-state index contributed by atoms with van der Waals surface area (Å²) in [6.07, 6.45) is 0.935. The van der Waals surface area contributed by atoms with E-state index in [0.717, 1.165) is 60.7 Å². The van der Waals surface area contributed by atoms with Gasteiger partial charge in [-0.2, -0.15) is 13.2 Å². The van der Waals surface area contributed by atoms with Crippen molar-refractivity contribution in [1.29, 1.82) is 0 Å². The van der Waals surface area contributed by atoms with Crippen molar-refractivity contribution < 1.29 is 26.4 Å². The quantitative estimate of drug-likeness (QED) is 0.286. The molecular formula is C31H37F3N4O3S. The van der Waals surface area contributed by atoms with Crippen LogP contribution in [0.4, 0.5) is 13.2 Å². The zero-order valence-electron chi connectivity index (χ0n) is 24.0. The van der Waals surface area contributed by atoms with E-state index in [-0.39, 0.29) is 30.3 Å². The smallest absolute Gasteiger partial charge is 0.349 e. The van der Waals surface area contributed by atoms with Crippen LogP contribution in [-0.4, -0.2) is 30.9 Å². The summed E-state index contributed by atoms with van der Waals surface area (Å²) in [7, 11) is -4.36. The predicted molar refractivity (Wildman–Crippen MR) is 155 cm³/mol. The molecule has 11 heteroatoms. The normalized spacial score (nSPS) is 16.5. The van der Waals surface area contributed by atoms with Crippen molar-refractivity contribution in [2.45, 2.75) is 88.1 Å². The van der Waals surface area contributed by atoms with Crippen molar-refractivity contribution in [3.8, 4) is 0 Å². The van der Waals surface area contributed by atoms with Crippen molar-refractivity contribution in [2.75, 3.05) is 0 Å². The Morgan fingerprint density at radius 1 is 1.02 bits per heavy atom. The van der Waals surface area contributed by atoms with Gasteiger partial charge in [-0.1, -0.05) is 24.3 Å². The lowest BCUT2D eigenvalue weighted by Crippen LogP contribution is -2.41. The van der Waals surface area contributed by atoms with E-state index >= 15 is 0 Å². The molecule has 42 heavy (non-hydrogen) atoms. The van der Waals surface area contributed by atoms with Crippen LogP contribution in [0.3, 0.4) is 0 Å². The first-order chi connectivity index (χ1) is 19.7. The predicted octanol–water partition coefficient (Wildman–Crippen LogP) is 5.46. The van der Waals surface area contributed by atoms with Gasteiger partial charge in [0.2, 0.25) is 15.9 Å². The molecule has 2 atom stereocenters. The van der Waals surface area contributed by atoms with E-state index in [1.165, 1.54) is 5.56 Å². The third-order valence-corrected chi connectivity index (χ3v) is 8.65. The molecule has 0 aliphatic heterocycles. The van der Waals surface area contributed by atoms with Crippen LogP contribution >= 0.6 is 0 Å². The Morgan fingerprint density at radius 2 is 1.76 bits per heavy atom. The molecule has 0 spiro atoms. The highest BCUT2D eigenvalue weighted by atomic mass is 32.2. The molecule has 0 unspecified atom stereocenters. The molecule has 7 nitrogen and oxygen atoms in total. The van der Waals surface area contributed by atoms with Gasteiger partial charge in [-0.05, 0) is 99.0 Å². The molecule has 1 heterocycles. The Morgan fingerprint density at radius 3 is 2.45 bits per heavy atom. The fourth-order valence-corrected chi connectivity index (χ4v) is 6.34. The average molecular weight is 603 g/mol. The zero-order chi connectivity index (χ0) is 30.5. The first-order valence-electron chi connectivity index (χ1n) is 13.9. The minimum Gasteiger partial charge on any atom is -0.349 e. The summed E-state index contributed by atoms with van der Waals surface area (Å²) in [6.45, 7) is 7.06. The highest BCUT2D eigenvalue weighted by Crippen LogP contribution is 2.32. The van der Waals surface area contributed by atoms with Gasteiger partial charge in [0.05, 0.1) is 16.5 Å². The van der Waals surface area contributed by atoms with Crippen LogP contribution in [0.2, 0.25) is 0 Å². The van der Waals surface area contributed by atoms with Crippen LogP contribution in [0.25, 0.3) is 0 Å². The number of rotatable bonds is 10. The minimum atomic E-state index is -4.69. The molecule has 1 amide bonds. The van der Waals surface area contributed by atoms with Crippen LogP contribution < -0.4 is 15.4 Å². The molecule has 0 saturated carbocycles. The van der Waals surface area contributed by atoms with Crippen LogP contribution in [0.5, 0.6) is 0 Å². The highest BCUT2D eigenvalue weighted by molar-refractivity contribution is 7.89. The molecule has 0 bridgehead atoms. The number of amides is 1. The molecule has 3 aromatic rings. The summed E-state index contributed by atoms with van der Waals surface area (Å²) in [6, 6.07) is 12.1. The van der Waals surface area contributed by atoms with Crippen LogP contribution in [-0.2, 0) is 40.4 Å². The lowest BCUT2D eigenvalue weighted by molar-refractivity contribution is -0.137. The van der Waals surface area contributed by atoms with E-state index in [2.05, 4.69) is 53.2 Å². The number of halogens is 3. The van der Waals surface area contributed by atoms with Crippen LogP contribution in [0.1, 0.15) is 73.9 Å². The molecule has 1 aliphatic rings. The molecule has 0 saturated heterocycles. The number of fused-ring (bicyclic) bond motifs is 1. The van der Waals surface area contributed by atoms with E-state index in [9.17, 15) is 26.4 Å². The maximum atomic E-state index is 13.3. The van der Waals surface area contributed by atoms with Gasteiger partial charge in [0.25, 0.3) is 0 Å². The standard InChI is InChI=1S/C31H37F3N4O3S/c1-30(2,3)36-20-22-10-11-27-23(16-22)6-4-9-28(27)37-29(39)19-25(17-21-12-14-35-15-13-21)38-42(40,41)26-8-5-7-24(18-26)31(32,33)34/h5,7-8,10-16,18,25,28,36,38H,4,6,9,17,19-20H2,1-3H3,(H,37,39)/t25-,28+/m0/s1. The number of sulfonamides is 1. The Bertz CT molecular complexity index is 1490. The second-order valence-corrected chi connectivity index (χ2v) is 13.5. The number of alkyl halides is 3. The van der Waals surface area contributed by atoms with Crippen molar-refractivity contribution in [2.24, 2.45) is 0 Å². The van der Waals surface area contributed by atoms with Crippen LogP contribution in [0, 0.1) is 0 Å². The molecule has 1 aliphatic carbocycles. The number of nitrogens with one attached hydrogen (secondary N) is 3. The van der Waals surface area contributed by atoms with Gasteiger partial charge < -0.3 is 10.6 Å². The van der Waals surface area contributed by atoms with E-state index in [1.807, 2.05) is 6.07 Å². The average Bonchev–Trinajstić information content (AvgIpc) is 2.91. The number of hydrogen-bond acceptors (Lipinski definition) is 5. The fourth-order valence-electron chi connectivity index (χ4n) is 5.06. The van der Waals surface area contributed by atoms with Gasteiger partial charge >= 0.3 is 6.18 Å². The van der Waals surface area contributed by atoms with Crippen LogP contribution in [0.15, 0.2) is 71.9 Å². The second-order valence-electron chi connectivity index (χ2n) is 11.8. The SMILES string of the molecule is CC(C)(C)NCc1ccc2c(c1)CCC[C@H]2NC(=O)C[C@H](Cc1ccncc1)NS(=O)(=O)c1cccc(C(F)(F)F)c1. The van der Waals surface area contributed by atoms with E-state index in [0.29, 0.717) is 6.07 Å². The number of pyridine rings is 1. The van der Waals surface area contributed by atoms with Crippen molar-refractivity contribution in [3.05, 3.63) is 94.8 Å². The van der Waals surface area contributed by atoms with Gasteiger partial charge in [-0.3, -0.25) is 9.78 Å². The summed E-state index contributed by atoms with van der Waals surface area (Å²) in [4.78, 5) is 16.7. The third kappa shape index (κ3) is 8.86. The summed E-state index contributed by atoms with van der Waals surface area (Å²) < 4.78 is 68.5. The summed E-state index contributed by atoms with van der Waals surface area (Å²) in [5.41, 5.74) is 3.04. The Hall–Kier alpha value is -3.28. The van der Waals surface area contributed by atoms with E-state index < -0.39 is 32.7 Å². The molecular weight excluding hydrogens is 565 g/mol. The first kappa shape index (κ1) is 31.7. The summed E-state index contributed by atoms with van der Waals surface area (Å²) in [5.74, 6) is -0.350. The number of hydrogen-bond donors (Lipinski definition) is 3. The van der Waals surface area contributed by atoms with E-state index in [1.54, 1.807) is 24.5 Å². The Kier molecular flexibility index (Phi) is 9.74. The van der Waals surface area contributed by atoms with Gasteiger partial charge in [-0.25, -0.2) is 13.1 Å². The maximum Gasteiger partial charge on any atom is 0.416 e. The number of benzene rings is 2. The highest BCUT2D eigenvalue weighted by Gasteiger charge is 2.32. The number of aryl methyl sites for hydroxylation is 1. The largest absolute Gasteiger partial charge is 0.416 e. The first-order valence-corrected chi connectivity index (χ1v) is 15.4. The number of nitrogens with zero attached hydrogens (tertiary/aromatic N) is 1. The zero-order valence-corrected chi connectivity index (χ0v) is 24.8. The molecule has 1 aromatic heterocycles. The molecule has 226 valence electrons. The number of aromatic nitrogens is 1. The molecule has 3 N–H and O–H groups in total. The number of carbonyl (C=O) groups excluding carboxylic acids is 1. The number of carbonyl (C=O) groups is 1. The molecule has 0 radical (unpaired) electrons. The monoisotopic (exact) mass is 602 g/mol. The van der Waals surface area contributed by atoms with Crippen molar-refractivity contribution in [3.63, 3.8) is 0 Å². The second kappa shape index (κ2) is 12.9. The minimum absolute atomic E-state index is 0.0120. The fraction of sp³-hybridized carbons (Fsp3) is 0.419.